The molecular formula is C12H15NO7S. The van der Waals surface area contributed by atoms with Crippen LogP contribution in [0.25, 0.3) is 0 Å². The van der Waals surface area contributed by atoms with Crippen molar-refractivity contribution in [2.75, 3.05) is 20.2 Å². The van der Waals surface area contributed by atoms with Crippen molar-refractivity contribution >= 4 is 22.0 Å². The second kappa shape index (κ2) is 5.86. The predicted molar refractivity (Wildman–Crippen MR) is 69.2 cm³/mol. The fourth-order valence-electron chi connectivity index (χ4n) is 2.15. The Morgan fingerprint density at radius 1 is 1.38 bits per heavy atom. The van der Waals surface area contributed by atoms with Crippen LogP contribution in [0.2, 0.25) is 0 Å². The van der Waals surface area contributed by atoms with Gasteiger partial charge < -0.3 is 14.3 Å². The first-order valence-corrected chi connectivity index (χ1v) is 7.70. The van der Waals surface area contributed by atoms with Crippen LogP contribution in [0.1, 0.15) is 23.2 Å². The van der Waals surface area contributed by atoms with Gasteiger partial charge in [-0.3, -0.25) is 4.79 Å². The zero-order valence-electron chi connectivity index (χ0n) is 11.3. The minimum Gasteiger partial charge on any atom is -0.481 e. The van der Waals surface area contributed by atoms with Crippen molar-refractivity contribution < 1.29 is 32.3 Å². The average molecular weight is 317 g/mol. The second-order valence-corrected chi connectivity index (χ2v) is 6.53. The van der Waals surface area contributed by atoms with Gasteiger partial charge in [0.05, 0.1) is 18.6 Å². The summed E-state index contributed by atoms with van der Waals surface area (Å²) in [6.07, 6.45) is 1.51. The van der Waals surface area contributed by atoms with Crippen molar-refractivity contribution in [3.63, 3.8) is 0 Å². The van der Waals surface area contributed by atoms with E-state index in [9.17, 15) is 18.0 Å². The number of hydrogen-bond donors (Lipinski definition) is 1. The van der Waals surface area contributed by atoms with E-state index < -0.39 is 27.9 Å². The number of aliphatic carboxylic acids is 1. The number of sulfonamides is 1. The lowest BCUT2D eigenvalue weighted by molar-refractivity contribution is -0.142. The molecule has 1 fully saturated rings. The molecule has 9 heteroatoms. The Balaban J connectivity index is 2.14. The first-order valence-electron chi connectivity index (χ1n) is 6.26. The Kier molecular flexibility index (Phi) is 4.33. The van der Waals surface area contributed by atoms with Gasteiger partial charge >= 0.3 is 11.9 Å². The quantitative estimate of drug-likeness (QED) is 0.806. The third-order valence-electron chi connectivity index (χ3n) is 3.39. The molecule has 21 heavy (non-hydrogen) atoms. The number of ether oxygens (including phenoxy) is 1. The fraction of sp³-hybridized carbons (Fsp3) is 0.500. The third-order valence-corrected chi connectivity index (χ3v) is 5.16. The maximum atomic E-state index is 12.3. The van der Waals surface area contributed by atoms with Crippen molar-refractivity contribution in [1.29, 1.82) is 0 Å². The highest BCUT2D eigenvalue weighted by Crippen LogP contribution is 2.25. The number of esters is 1. The summed E-state index contributed by atoms with van der Waals surface area (Å²) < 4.78 is 35.2. The number of carbonyl (C=O) groups excluding carboxylic acids is 1. The van der Waals surface area contributed by atoms with Gasteiger partial charge in [-0.25, -0.2) is 13.2 Å². The SMILES string of the molecule is COC(=O)c1coc(S(=O)(=O)N2CCC(C(=O)O)CC2)c1. The largest absolute Gasteiger partial charge is 0.481 e. The summed E-state index contributed by atoms with van der Waals surface area (Å²) in [5.41, 5.74) is 0.0106. The van der Waals surface area contributed by atoms with E-state index in [0.29, 0.717) is 0 Å². The molecule has 0 radical (unpaired) electrons. The van der Waals surface area contributed by atoms with Crippen LogP contribution in [0.5, 0.6) is 0 Å². The standard InChI is InChI=1S/C12H15NO7S/c1-19-12(16)9-6-10(20-7-9)21(17,18)13-4-2-8(3-5-13)11(14)15/h6-8H,2-5H2,1H3,(H,14,15). The Morgan fingerprint density at radius 3 is 2.52 bits per heavy atom. The van der Waals surface area contributed by atoms with Crippen LogP contribution in [0.15, 0.2) is 21.8 Å². The third kappa shape index (κ3) is 3.08. The van der Waals surface area contributed by atoms with Gasteiger partial charge in [0.25, 0.3) is 10.0 Å². The number of carbonyl (C=O) groups is 2. The van der Waals surface area contributed by atoms with E-state index in [1.165, 1.54) is 7.11 Å². The van der Waals surface area contributed by atoms with Crippen molar-refractivity contribution in [3.05, 3.63) is 17.9 Å². The maximum Gasteiger partial charge on any atom is 0.341 e. The summed E-state index contributed by atoms with van der Waals surface area (Å²) in [5, 5.41) is 8.55. The van der Waals surface area contributed by atoms with Crippen LogP contribution in [-0.4, -0.2) is 50.0 Å². The lowest BCUT2D eigenvalue weighted by atomic mass is 9.99. The number of furan rings is 1. The molecule has 0 bridgehead atoms. The van der Waals surface area contributed by atoms with Gasteiger partial charge in [0.2, 0.25) is 5.09 Å². The average Bonchev–Trinajstić information content (AvgIpc) is 2.97. The molecule has 2 rings (SSSR count). The number of piperidine rings is 1. The molecule has 1 N–H and O–H groups in total. The van der Waals surface area contributed by atoms with Gasteiger partial charge in [-0.15, -0.1) is 0 Å². The molecular weight excluding hydrogens is 302 g/mol. The van der Waals surface area contributed by atoms with Crippen LogP contribution in [0, 0.1) is 5.92 Å². The molecule has 0 aromatic carbocycles. The minimum atomic E-state index is -3.87. The maximum absolute atomic E-state index is 12.3. The highest BCUT2D eigenvalue weighted by atomic mass is 32.2. The predicted octanol–water partition coefficient (Wildman–Crippen LogP) is 0.551. The number of rotatable bonds is 4. The Morgan fingerprint density at radius 2 is 2.00 bits per heavy atom. The van der Waals surface area contributed by atoms with E-state index in [0.717, 1.165) is 16.6 Å². The summed E-state index contributed by atoms with van der Waals surface area (Å²) in [6, 6.07) is 1.10. The number of methoxy groups -OCH3 is 1. The van der Waals surface area contributed by atoms with Crippen molar-refractivity contribution in [2.24, 2.45) is 5.92 Å². The Labute approximate surface area is 121 Å². The summed E-state index contributed by atoms with van der Waals surface area (Å²) >= 11 is 0. The summed E-state index contributed by atoms with van der Waals surface area (Å²) in [7, 11) is -2.69. The molecule has 0 amide bonds. The molecule has 1 aliphatic rings. The van der Waals surface area contributed by atoms with Crippen LogP contribution in [0.3, 0.4) is 0 Å². The van der Waals surface area contributed by atoms with E-state index >= 15 is 0 Å². The molecule has 2 heterocycles. The molecule has 1 saturated heterocycles. The first-order chi connectivity index (χ1) is 9.86. The summed E-state index contributed by atoms with van der Waals surface area (Å²) in [5.74, 6) is -2.14. The molecule has 0 spiro atoms. The molecule has 0 aliphatic carbocycles. The van der Waals surface area contributed by atoms with E-state index in [1.54, 1.807) is 0 Å². The molecule has 0 unspecified atom stereocenters. The zero-order chi connectivity index (χ0) is 15.6. The normalized spacial score (nSPS) is 17.6. The molecule has 0 saturated carbocycles. The van der Waals surface area contributed by atoms with Gasteiger partial charge in [-0.05, 0) is 12.8 Å². The Hall–Kier alpha value is -1.87. The van der Waals surface area contributed by atoms with Crippen LogP contribution >= 0.6 is 0 Å². The van der Waals surface area contributed by atoms with Gasteiger partial charge in [0.15, 0.2) is 0 Å². The minimum absolute atomic E-state index is 0.0106. The van der Waals surface area contributed by atoms with E-state index in [-0.39, 0.29) is 36.6 Å². The molecule has 0 atom stereocenters. The van der Waals surface area contributed by atoms with Crippen molar-refractivity contribution in [3.8, 4) is 0 Å². The van der Waals surface area contributed by atoms with E-state index in [4.69, 9.17) is 9.52 Å². The molecule has 8 nitrogen and oxygen atoms in total. The van der Waals surface area contributed by atoms with Gasteiger partial charge in [0, 0.05) is 19.2 Å². The van der Waals surface area contributed by atoms with Crippen molar-refractivity contribution in [2.45, 2.75) is 17.9 Å². The lowest BCUT2D eigenvalue weighted by Crippen LogP contribution is -2.40. The molecule has 1 aromatic rings. The fourth-order valence-corrected chi connectivity index (χ4v) is 3.54. The van der Waals surface area contributed by atoms with Gasteiger partial charge in [-0.1, -0.05) is 0 Å². The monoisotopic (exact) mass is 317 g/mol. The number of carboxylic acid groups (broad SMARTS) is 1. The van der Waals surface area contributed by atoms with Crippen LogP contribution in [0.4, 0.5) is 0 Å². The number of hydrogen-bond acceptors (Lipinski definition) is 6. The summed E-state index contributed by atoms with van der Waals surface area (Å²) in [6.45, 7) is 0.209. The number of carboxylic acids is 1. The van der Waals surface area contributed by atoms with Gasteiger partial charge in [0.1, 0.15) is 6.26 Å². The number of nitrogens with zero attached hydrogens (tertiary/aromatic N) is 1. The zero-order valence-corrected chi connectivity index (χ0v) is 12.1. The first kappa shape index (κ1) is 15.5. The van der Waals surface area contributed by atoms with E-state index in [1.807, 2.05) is 0 Å². The Bertz CT molecular complexity index is 640. The second-order valence-electron chi connectivity index (χ2n) is 4.66. The molecule has 1 aliphatic heterocycles. The van der Waals surface area contributed by atoms with Crippen molar-refractivity contribution in [1.82, 2.24) is 4.31 Å². The topological polar surface area (TPSA) is 114 Å². The van der Waals surface area contributed by atoms with Crippen LogP contribution < -0.4 is 0 Å². The lowest BCUT2D eigenvalue weighted by Gasteiger charge is -2.28. The highest BCUT2D eigenvalue weighted by molar-refractivity contribution is 7.89. The molecule has 1 aromatic heterocycles. The highest BCUT2D eigenvalue weighted by Gasteiger charge is 2.34. The summed E-state index contributed by atoms with van der Waals surface area (Å²) in [4.78, 5) is 22.1. The smallest absolute Gasteiger partial charge is 0.341 e. The van der Waals surface area contributed by atoms with Gasteiger partial charge in [-0.2, -0.15) is 4.31 Å². The molecule has 116 valence electrons. The van der Waals surface area contributed by atoms with E-state index in [2.05, 4.69) is 4.74 Å². The van der Waals surface area contributed by atoms with Crippen LogP contribution in [-0.2, 0) is 19.6 Å².